The van der Waals surface area contributed by atoms with E-state index in [2.05, 4.69) is 60.3 Å². The van der Waals surface area contributed by atoms with Crippen LogP contribution in [0.5, 0.6) is 5.75 Å². The maximum Gasteiger partial charge on any atom is 0.148 e. The minimum atomic E-state index is -0.128. The topological polar surface area (TPSA) is 35.2 Å². The minimum Gasteiger partial charge on any atom is -0.483 e. The van der Waals surface area contributed by atoms with Crippen molar-refractivity contribution in [2.24, 2.45) is 5.73 Å². The number of benzene rings is 1. The minimum absolute atomic E-state index is 0.0751. The standard InChI is InChI=1S/C17H22BrNOS/c1-11(19)16(15-9-13(18)10-21-15)20-14-7-5-6-12(8-14)17(2,3)4/h5-11,16H,19H2,1-4H3. The molecule has 0 aliphatic carbocycles. The highest BCUT2D eigenvalue weighted by molar-refractivity contribution is 9.10. The molecule has 0 amide bonds. The Bertz CT molecular complexity index is 601. The van der Waals surface area contributed by atoms with Crippen LogP contribution in [-0.2, 0) is 5.41 Å². The van der Waals surface area contributed by atoms with Gasteiger partial charge in [0, 0.05) is 20.8 Å². The first-order valence-electron chi connectivity index (χ1n) is 7.04. The van der Waals surface area contributed by atoms with Crippen LogP contribution >= 0.6 is 27.3 Å². The lowest BCUT2D eigenvalue weighted by atomic mass is 9.87. The van der Waals surface area contributed by atoms with Crippen molar-refractivity contribution in [1.29, 1.82) is 0 Å². The molecule has 0 saturated heterocycles. The van der Waals surface area contributed by atoms with Crippen molar-refractivity contribution in [3.63, 3.8) is 0 Å². The van der Waals surface area contributed by atoms with Gasteiger partial charge in [0.1, 0.15) is 11.9 Å². The average Bonchev–Trinajstić information content (AvgIpc) is 2.81. The molecule has 114 valence electrons. The number of nitrogens with two attached hydrogens (primary N) is 1. The summed E-state index contributed by atoms with van der Waals surface area (Å²) in [6, 6.07) is 10.3. The Labute approximate surface area is 139 Å². The van der Waals surface area contributed by atoms with Crippen molar-refractivity contribution in [1.82, 2.24) is 0 Å². The molecule has 4 heteroatoms. The van der Waals surface area contributed by atoms with E-state index < -0.39 is 0 Å². The molecule has 2 rings (SSSR count). The molecule has 1 aromatic heterocycles. The van der Waals surface area contributed by atoms with Gasteiger partial charge >= 0.3 is 0 Å². The lowest BCUT2D eigenvalue weighted by Gasteiger charge is -2.24. The van der Waals surface area contributed by atoms with Crippen LogP contribution in [0, 0.1) is 0 Å². The predicted molar refractivity (Wildman–Crippen MR) is 94.2 cm³/mol. The van der Waals surface area contributed by atoms with E-state index in [4.69, 9.17) is 10.5 Å². The zero-order valence-electron chi connectivity index (χ0n) is 12.9. The highest BCUT2D eigenvalue weighted by Gasteiger charge is 2.21. The molecule has 21 heavy (non-hydrogen) atoms. The molecule has 2 N–H and O–H groups in total. The van der Waals surface area contributed by atoms with Crippen LogP contribution in [0.3, 0.4) is 0 Å². The summed E-state index contributed by atoms with van der Waals surface area (Å²) in [5, 5.41) is 2.06. The second kappa shape index (κ2) is 6.51. The van der Waals surface area contributed by atoms with Crippen molar-refractivity contribution in [2.45, 2.75) is 45.3 Å². The first-order chi connectivity index (χ1) is 9.77. The molecule has 0 aliphatic rings. The molecule has 0 fully saturated rings. The molecular weight excluding hydrogens is 346 g/mol. The Balaban J connectivity index is 2.26. The molecule has 0 radical (unpaired) electrons. The molecule has 1 aromatic carbocycles. The molecule has 0 saturated carbocycles. The second-order valence-corrected chi connectivity index (χ2v) is 8.20. The van der Waals surface area contributed by atoms with Gasteiger partial charge in [-0.25, -0.2) is 0 Å². The van der Waals surface area contributed by atoms with Crippen molar-refractivity contribution < 1.29 is 4.74 Å². The summed E-state index contributed by atoms with van der Waals surface area (Å²) in [4.78, 5) is 1.14. The van der Waals surface area contributed by atoms with E-state index in [-0.39, 0.29) is 17.6 Å². The number of halogens is 1. The third-order valence-electron chi connectivity index (χ3n) is 3.31. The Kier molecular flexibility index (Phi) is 5.12. The van der Waals surface area contributed by atoms with E-state index in [1.54, 1.807) is 11.3 Å². The van der Waals surface area contributed by atoms with Gasteiger partial charge in [0.2, 0.25) is 0 Å². The van der Waals surface area contributed by atoms with Gasteiger partial charge in [-0.3, -0.25) is 0 Å². The van der Waals surface area contributed by atoms with Crippen LogP contribution < -0.4 is 10.5 Å². The van der Waals surface area contributed by atoms with Gasteiger partial charge in [-0.1, -0.05) is 32.9 Å². The summed E-state index contributed by atoms with van der Waals surface area (Å²) in [5.74, 6) is 0.870. The van der Waals surface area contributed by atoms with Gasteiger partial charge in [-0.2, -0.15) is 0 Å². The largest absolute Gasteiger partial charge is 0.483 e. The normalized spacial score (nSPS) is 14.8. The second-order valence-electron chi connectivity index (χ2n) is 6.34. The van der Waals surface area contributed by atoms with Crippen LogP contribution in [0.4, 0.5) is 0 Å². The summed E-state index contributed by atoms with van der Waals surface area (Å²) < 4.78 is 7.25. The number of thiophene rings is 1. The fourth-order valence-electron chi connectivity index (χ4n) is 2.08. The Morgan fingerprint density at radius 2 is 1.95 bits per heavy atom. The quantitative estimate of drug-likeness (QED) is 0.797. The SMILES string of the molecule is CC(N)C(Oc1cccc(C(C)(C)C)c1)c1cc(Br)cs1. The molecule has 0 bridgehead atoms. The van der Waals surface area contributed by atoms with E-state index in [0.29, 0.717) is 0 Å². The van der Waals surface area contributed by atoms with Crippen LogP contribution in [0.25, 0.3) is 0 Å². The van der Waals surface area contributed by atoms with Crippen LogP contribution in [0.1, 0.15) is 44.2 Å². The summed E-state index contributed by atoms with van der Waals surface area (Å²) in [7, 11) is 0. The third kappa shape index (κ3) is 4.31. The Morgan fingerprint density at radius 1 is 1.24 bits per heavy atom. The first-order valence-corrected chi connectivity index (χ1v) is 8.71. The average molecular weight is 368 g/mol. The van der Waals surface area contributed by atoms with Gasteiger partial charge in [-0.05, 0) is 52.0 Å². The zero-order valence-corrected chi connectivity index (χ0v) is 15.3. The molecule has 1 heterocycles. The number of hydrogen-bond donors (Lipinski definition) is 1. The first kappa shape index (κ1) is 16.5. The van der Waals surface area contributed by atoms with Crippen molar-refractivity contribution in [2.75, 3.05) is 0 Å². The monoisotopic (exact) mass is 367 g/mol. The maximum atomic E-state index is 6.18. The molecule has 0 spiro atoms. The van der Waals surface area contributed by atoms with Gasteiger partial charge < -0.3 is 10.5 Å². The summed E-state index contributed by atoms with van der Waals surface area (Å²) in [6.07, 6.45) is -0.128. The summed E-state index contributed by atoms with van der Waals surface area (Å²) >= 11 is 5.15. The third-order valence-corrected chi connectivity index (χ3v) is 5.06. The Morgan fingerprint density at radius 3 is 2.48 bits per heavy atom. The summed E-state index contributed by atoms with van der Waals surface area (Å²) in [5.41, 5.74) is 7.48. The van der Waals surface area contributed by atoms with Gasteiger partial charge in [-0.15, -0.1) is 11.3 Å². The molecule has 0 aliphatic heterocycles. The van der Waals surface area contributed by atoms with Crippen molar-refractivity contribution in [3.05, 3.63) is 50.6 Å². The highest BCUT2D eigenvalue weighted by Crippen LogP contribution is 2.32. The number of hydrogen-bond acceptors (Lipinski definition) is 3. The highest BCUT2D eigenvalue weighted by atomic mass is 79.9. The van der Waals surface area contributed by atoms with Crippen LogP contribution in [0.15, 0.2) is 40.2 Å². The van der Waals surface area contributed by atoms with Crippen molar-refractivity contribution in [3.8, 4) is 5.75 Å². The lowest BCUT2D eigenvalue weighted by molar-refractivity contribution is 0.184. The fourth-order valence-corrected chi connectivity index (χ4v) is 3.67. The molecule has 2 atom stereocenters. The zero-order chi connectivity index (χ0) is 15.6. The van der Waals surface area contributed by atoms with E-state index in [9.17, 15) is 0 Å². The van der Waals surface area contributed by atoms with E-state index >= 15 is 0 Å². The predicted octanol–water partition coefficient (Wildman–Crippen LogP) is 5.28. The van der Waals surface area contributed by atoms with Gasteiger partial charge in [0.15, 0.2) is 0 Å². The van der Waals surface area contributed by atoms with E-state index in [1.165, 1.54) is 5.56 Å². The van der Waals surface area contributed by atoms with Crippen molar-refractivity contribution >= 4 is 27.3 Å². The number of rotatable bonds is 4. The number of ether oxygens (including phenoxy) is 1. The molecule has 2 aromatic rings. The smallest absolute Gasteiger partial charge is 0.148 e. The van der Waals surface area contributed by atoms with Gasteiger partial charge in [0.25, 0.3) is 0 Å². The molecule has 2 nitrogen and oxygen atoms in total. The van der Waals surface area contributed by atoms with Crippen LogP contribution in [0.2, 0.25) is 0 Å². The van der Waals surface area contributed by atoms with E-state index in [1.807, 2.05) is 19.1 Å². The molecular formula is C17H22BrNOS. The van der Waals surface area contributed by atoms with E-state index in [0.717, 1.165) is 15.1 Å². The maximum absolute atomic E-state index is 6.18. The lowest BCUT2D eigenvalue weighted by Crippen LogP contribution is -2.28. The van der Waals surface area contributed by atoms with Gasteiger partial charge in [0.05, 0.1) is 0 Å². The fraction of sp³-hybridized carbons (Fsp3) is 0.412. The summed E-state index contributed by atoms with van der Waals surface area (Å²) in [6.45, 7) is 8.58. The Hall–Kier alpha value is -0.840. The van der Waals surface area contributed by atoms with Crippen LogP contribution in [-0.4, -0.2) is 6.04 Å². The molecule has 2 unspecified atom stereocenters.